The zero-order valence-electron chi connectivity index (χ0n) is 42.4. The van der Waals surface area contributed by atoms with Crippen LogP contribution < -0.4 is 15.0 Å². The topological polar surface area (TPSA) is 238 Å². The van der Waals surface area contributed by atoms with Gasteiger partial charge in [0.2, 0.25) is 52.4 Å². The van der Waals surface area contributed by atoms with E-state index in [1.165, 1.54) is 38.2 Å². The number of aromatic nitrogens is 4. The number of amides is 2. The second-order valence-electron chi connectivity index (χ2n) is 15.6. The Kier molecular flexibility index (Phi) is 30.2. The molecule has 0 fully saturated rings. The van der Waals surface area contributed by atoms with Gasteiger partial charge in [0.25, 0.3) is 0 Å². The molecule has 0 saturated heterocycles. The van der Waals surface area contributed by atoms with E-state index in [4.69, 9.17) is 56.8 Å². The fourth-order valence-corrected chi connectivity index (χ4v) is 5.88. The van der Waals surface area contributed by atoms with E-state index in [2.05, 4.69) is 30.4 Å². The van der Waals surface area contributed by atoms with Crippen molar-refractivity contribution >= 4 is 23.8 Å². The summed E-state index contributed by atoms with van der Waals surface area (Å²) in [5.74, 6) is -13.5. The molecule has 0 saturated carbocycles. The lowest BCUT2D eigenvalue weighted by molar-refractivity contribution is -0.122. The average molecular weight is 1090 g/mol. The molecule has 2 amide bonds. The lowest BCUT2D eigenvalue weighted by atomic mass is 10.1. The first-order chi connectivity index (χ1) is 36.9. The Morgan fingerprint density at radius 3 is 1.39 bits per heavy atom. The molecular formula is C49H63F5N6O16. The largest absolute Gasteiger partial charge is 0.514 e. The molecule has 22 nitrogen and oxygen atoms in total. The van der Waals surface area contributed by atoms with E-state index < -0.39 is 59.8 Å². The van der Waals surface area contributed by atoms with Gasteiger partial charge >= 0.3 is 12.2 Å². The van der Waals surface area contributed by atoms with Gasteiger partial charge in [0, 0.05) is 38.4 Å². The molecule has 420 valence electrons. The maximum atomic E-state index is 13.8. The predicted molar refractivity (Wildman–Crippen MR) is 256 cm³/mol. The van der Waals surface area contributed by atoms with Crippen LogP contribution in [0, 0.1) is 29.1 Å². The summed E-state index contributed by atoms with van der Waals surface area (Å²) >= 11 is 0. The smallest absolute Gasteiger partial charge is 0.438 e. The van der Waals surface area contributed by atoms with E-state index in [1.807, 2.05) is 0 Å². The number of nitrogens with one attached hydrogen (secondary N) is 1. The number of hydrogen-bond acceptors (Lipinski definition) is 20. The van der Waals surface area contributed by atoms with Crippen molar-refractivity contribution in [1.82, 2.24) is 25.7 Å². The lowest BCUT2D eigenvalue weighted by Crippen LogP contribution is -2.28. The first kappa shape index (κ1) is 62.4. The normalized spacial score (nSPS) is 11.6. The molecule has 0 spiro atoms. The molecule has 1 heterocycles. The summed E-state index contributed by atoms with van der Waals surface area (Å²) in [5, 5.41) is 19.1. The van der Waals surface area contributed by atoms with Crippen molar-refractivity contribution in [2.75, 3.05) is 145 Å². The monoisotopic (exact) mass is 1090 g/mol. The van der Waals surface area contributed by atoms with Crippen LogP contribution in [0.5, 0.6) is 5.75 Å². The van der Waals surface area contributed by atoms with Crippen LogP contribution in [0.4, 0.5) is 37.2 Å². The number of nitrogens with zero attached hydrogens (tertiary/aromatic N) is 5. The number of carbonyl (C=O) groups excluding carboxylic acids is 3. The molecule has 0 aliphatic rings. The van der Waals surface area contributed by atoms with Gasteiger partial charge in [-0.1, -0.05) is 36.4 Å². The number of rotatable bonds is 39. The summed E-state index contributed by atoms with van der Waals surface area (Å²) in [6.07, 6.45) is -3.34. The highest BCUT2D eigenvalue weighted by molar-refractivity contribution is 5.87. The van der Waals surface area contributed by atoms with E-state index in [9.17, 15) is 36.3 Å². The van der Waals surface area contributed by atoms with Crippen LogP contribution >= 0.6 is 0 Å². The van der Waals surface area contributed by atoms with Crippen molar-refractivity contribution in [2.45, 2.75) is 32.6 Å². The van der Waals surface area contributed by atoms with Crippen molar-refractivity contribution in [3.05, 3.63) is 94.6 Å². The molecule has 3 aromatic carbocycles. The minimum Gasteiger partial charge on any atom is -0.438 e. The number of carbonyl (C=O) groups is 3. The van der Waals surface area contributed by atoms with E-state index in [0.29, 0.717) is 136 Å². The van der Waals surface area contributed by atoms with Crippen molar-refractivity contribution in [1.29, 1.82) is 0 Å². The maximum Gasteiger partial charge on any atom is 0.514 e. The molecule has 1 aromatic heterocycles. The SMILES string of the molecule is COCCOCCOCCOCCOCCOCCOCCOCCOCCOCCC(=O)NCc1ccc(-c2nnc(C(C)OC(=O)N(C)c3ccc(COC(=O)Oc4c(F)c(F)c(F)c(F)c4F)cc3)nn2)cc1. The summed E-state index contributed by atoms with van der Waals surface area (Å²) in [6.45, 7) is 9.80. The van der Waals surface area contributed by atoms with E-state index in [0.717, 1.165) is 10.5 Å². The highest BCUT2D eigenvalue weighted by Crippen LogP contribution is 2.29. The second-order valence-corrected chi connectivity index (χ2v) is 15.6. The molecule has 0 aliphatic carbocycles. The molecule has 0 aliphatic heterocycles. The van der Waals surface area contributed by atoms with Crippen LogP contribution in [-0.4, -0.2) is 178 Å². The highest BCUT2D eigenvalue weighted by atomic mass is 19.2. The fraction of sp³-hybridized carbons (Fsp3) is 0.531. The summed E-state index contributed by atoms with van der Waals surface area (Å²) < 4.78 is 136. The Labute approximate surface area is 435 Å². The Morgan fingerprint density at radius 1 is 0.539 bits per heavy atom. The summed E-state index contributed by atoms with van der Waals surface area (Å²) in [5.41, 5.74) is 2.05. The van der Waals surface area contributed by atoms with Gasteiger partial charge in [-0.15, -0.1) is 20.4 Å². The highest BCUT2D eigenvalue weighted by Gasteiger charge is 2.29. The van der Waals surface area contributed by atoms with Gasteiger partial charge in [-0.3, -0.25) is 9.69 Å². The van der Waals surface area contributed by atoms with E-state index >= 15 is 0 Å². The first-order valence-corrected chi connectivity index (χ1v) is 23.9. The number of anilines is 1. The molecule has 1 N–H and O–H groups in total. The van der Waals surface area contributed by atoms with Gasteiger partial charge in [0.1, 0.15) is 6.61 Å². The fourth-order valence-electron chi connectivity index (χ4n) is 5.88. The van der Waals surface area contributed by atoms with E-state index in [-0.39, 0.29) is 37.1 Å². The second kappa shape index (κ2) is 36.8. The number of ether oxygens (including phenoxy) is 13. The standard InChI is InChI=1S/C49H63F5N6O16/c1-34(75-48(62)60(2)38-10-6-36(7-11-38)33-74-49(63)76-45-43(53)41(51)40(50)42(52)44(45)54)46-56-58-47(59-57-46)37-8-4-35(5-9-37)32-55-39(61)12-13-65-16-17-67-20-21-69-24-25-71-28-29-73-31-30-72-27-26-70-23-22-68-19-18-66-15-14-64-3/h4-11,34H,12-33H2,1-3H3,(H,55,61). The Hall–Kier alpha value is -6.14. The number of hydrogen-bond donors (Lipinski definition) is 1. The van der Waals surface area contributed by atoms with Gasteiger partial charge in [-0.25, -0.2) is 22.8 Å². The molecular weight excluding hydrogens is 1020 g/mol. The van der Waals surface area contributed by atoms with Crippen LogP contribution in [0.3, 0.4) is 0 Å². The summed E-state index contributed by atoms with van der Waals surface area (Å²) in [7, 11) is 3.04. The molecule has 76 heavy (non-hydrogen) atoms. The molecule has 0 bridgehead atoms. The third kappa shape index (κ3) is 23.8. The third-order valence-electron chi connectivity index (χ3n) is 10.0. The van der Waals surface area contributed by atoms with Gasteiger partial charge in [-0.2, -0.15) is 8.78 Å². The van der Waals surface area contributed by atoms with Gasteiger partial charge in [0.15, 0.2) is 6.10 Å². The molecule has 0 radical (unpaired) electrons. The number of benzene rings is 3. The maximum absolute atomic E-state index is 13.8. The van der Waals surface area contributed by atoms with Crippen LogP contribution in [0.2, 0.25) is 0 Å². The Morgan fingerprint density at radius 2 is 0.947 bits per heavy atom. The van der Waals surface area contributed by atoms with Gasteiger partial charge in [0.05, 0.1) is 126 Å². The van der Waals surface area contributed by atoms with Crippen molar-refractivity contribution in [3.63, 3.8) is 0 Å². The van der Waals surface area contributed by atoms with Crippen molar-refractivity contribution in [3.8, 4) is 17.1 Å². The van der Waals surface area contributed by atoms with Crippen LogP contribution in [0.15, 0.2) is 48.5 Å². The molecule has 1 unspecified atom stereocenters. The minimum atomic E-state index is -2.42. The van der Waals surface area contributed by atoms with Crippen LogP contribution in [-0.2, 0) is 74.8 Å². The zero-order valence-corrected chi connectivity index (χ0v) is 42.4. The first-order valence-electron chi connectivity index (χ1n) is 23.9. The number of methoxy groups -OCH3 is 1. The Balaban J connectivity index is 0.959. The van der Waals surface area contributed by atoms with Gasteiger partial charge < -0.3 is 66.9 Å². The molecule has 1 atom stereocenters. The van der Waals surface area contributed by atoms with E-state index in [1.54, 1.807) is 31.4 Å². The number of halogens is 5. The van der Waals surface area contributed by atoms with Crippen LogP contribution in [0.1, 0.15) is 36.4 Å². The lowest BCUT2D eigenvalue weighted by Gasteiger charge is -2.19. The minimum absolute atomic E-state index is 0.0150. The summed E-state index contributed by atoms with van der Waals surface area (Å²) in [4.78, 5) is 38.3. The van der Waals surface area contributed by atoms with Crippen LogP contribution in [0.25, 0.3) is 11.4 Å². The zero-order chi connectivity index (χ0) is 54.8. The third-order valence-corrected chi connectivity index (χ3v) is 10.0. The molecule has 4 aromatic rings. The summed E-state index contributed by atoms with van der Waals surface area (Å²) in [6, 6.07) is 12.8. The Bertz CT molecular complexity index is 2270. The average Bonchev–Trinajstić information content (AvgIpc) is 3.44. The molecule has 4 rings (SSSR count). The quantitative estimate of drug-likeness (QED) is 0.0145. The predicted octanol–water partition coefficient (Wildman–Crippen LogP) is 5.48. The van der Waals surface area contributed by atoms with Crippen molar-refractivity contribution in [2.24, 2.45) is 0 Å². The molecule has 27 heteroatoms. The van der Waals surface area contributed by atoms with Crippen molar-refractivity contribution < 1.29 is 97.9 Å². The van der Waals surface area contributed by atoms with Gasteiger partial charge in [-0.05, 0) is 30.2 Å².